The van der Waals surface area contributed by atoms with Gasteiger partial charge >= 0.3 is 6.03 Å². The lowest BCUT2D eigenvalue weighted by molar-refractivity contribution is -0.143. The van der Waals surface area contributed by atoms with Crippen LogP contribution in [0.3, 0.4) is 0 Å². The Hall–Kier alpha value is -2.82. The Morgan fingerprint density at radius 2 is 1.42 bits per heavy atom. The average Bonchev–Trinajstić information content (AvgIpc) is 2.74. The average molecular weight is 418 g/mol. The van der Waals surface area contributed by atoms with Crippen molar-refractivity contribution in [2.24, 2.45) is 17.3 Å². The number of carbonyl (C=O) groups excluding carboxylic acids is 2. The third kappa shape index (κ3) is 3.60. The first-order valence-corrected chi connectivity index (χ1v) is 11.4. The number of aryl methyl sites for hydroxylation is 1. The molecule has 4 saturated carbocycles. The number of carbonyl (C=O) groups is 2. The van der Waals surface area contributed by atoms with Crippen LogP contribution >= 0.6 is 0 Å². The molecule has 3 N–H and O–H groups in total. The summed E-state index contributed by atoms with van der Waals surface area (Å²) >= 11 is 0. The zero-order chi connectivity index (χ0) is 21.6. The van der Waals surface area contributed by atoms with Gasteiger partial charge in [0.05, 0.1) is 5.41 Å². The number of amides is 3. The molecule has 2 atom stereocenters. The van der Waals surface area contributed by atoms with Gasteiger partial charge in [0.15, 0.2) is 0 Å². The molecule has 4 aliphatic rings. The Kier molecular flexibility index (Phi) is 4.80. The number of hydrogen-bond donors (Lipinski definition) is 3. The Balaban J connectivity index is 1.36. The number of nitrogens with one attached hydrogen (secondary N) is 3. The summed E-state index contributed by atoms with van der Waals surface area (Å²) < 4.78 is 0. The van der Waals surface area contributed by atoms with Gasteiger partial charge < -0.3 is 16.0 Å². The SMILES string of the molecule is CNC(=O)Nc1ccc(NC(=O)C23CC4CC(C2)CC(c2ccc(C)cc2)(C4)C3)cc1. The minimum atomic E-state index is -0.270. The topological polar surface area (TPSA) is 70.2 Å². The second kappa shape index (κ2) is 7.40. The van der Waals surface area contributed by atoms with E-state index in [0.717, 1.165) is 24.9 Å². The van der Waals surface area contributed by atoms with Crippen LogP contribution in [0, 0.1) is 24.2 Å². The summed E-state index contributed by atoms with van der Waals surface area (Å²) in [4.78, 5) is 25.1. The first kappa shape index (κ1) is 20.1. The molecule has 4 aliphatic carbocycles. The van der Waals surface area contributed by atoms with E-state index in [-0.39, 0.29) is 22.8 Å². The van der Waals surface area contributed by atoms with Crippen LogP contribution in [-0.4, -0.2) is 19.0 Å². The lowest BCUT2D eigenvalue weighted by Crippen LogP contribution is -2.57. The first-order valence-electron chi connectivity index (χ1n) is 11.4. The molecule has 0 saturated heterocycles. The van der Waals surface area contributed by atoms with E-state index in [0.29, 0.717) is 17.5 Å². The molecule has 0 aromatic heterocycles. The molecule has 4 bridgehead atoms. The highest BCUT2D eigenvalue weighted by molar-refractivity contribution is 5.96. The number of rotatable bonds is 4. The largest absolute Gasteiger partial charge is 0.341 e. The van der Waals surface area contributed by atoms with Crippen LogP contribution in [-0.2, 0) is 10.2 Å². The van der Waals surface area contributed by atoms with Crippen molar-refractivity contribution in [3.05, 3.63) is 59.7 Å². The molecule has 0 aliphatic heterocycles. The van der Waals surface area contributed by atoms with Gasteiger partial charge in [-0.2, -0.15) is 0 Å². The van der Waals surface area contributed by atoms with Gasteiger partial charge in [-0.25, -0.2) is 4.79 Å². The molecule has 4 fully saturated rings. The second-order valence-corrected chi connectivity index (χ2v) is 10.1. The van der Waals surface area contributed by atoms with Gasteiger partial charge in [-0.3, -0.25) is 4.79 Å². The van der Waals surface area contributed by atoms with Crippen molar-refractivity contribution in [3.63, 3.8) is 0 Å². The third-order valence-electron chi connectivity index (χ3n) is 7.83. The maximum absolute atomic E-state index is 13.6. The summed E-state index contributed by atoms with van der Waals surface area (Å²) in [6.45, 7) is 2.13. The van der Waals surface area contributed by atoms with Gasteiger partial charge in [-0.1, -0.05) is 29.8 Å². The molecular formula is C26H31N3O2. The maximum Gasteiger partial charge on any atom is 0.318 e. The molecule has 6 rings (SSSR count). The summed E-state index contributed by atoms with van der Waals surface area (Å²) in [7, 11) is 1.58. The van der Waals surface area contributed by atoms with Crippen molar-refractivity contribution in [3.8, 4) is 0 Å². The molecule has 5 nitrogen and oxygen atoms in total. The van der Waals surface area contributed by atoms with Crippen molar-refractivity contribution in [1.29, 1.82) is 0 Å². The van der Waals surface area contributed by atoms with Crippen LogP contribution in [0.25, 0.3) is 0 Å². The molecule has 0 spiro atoms. The summed E-state index contributed by atoms with van der Waals surface area (Å²) in [5.74, 6) is 1.46. The molecule has 2 aromatic carbocycles. The van der Waals surface area contributed by atoms with Crippen molar-refractivity contribution in [1.82, 2.24) is 5.32 Å². The van der Waals surface area contributed by atoms with Crippen LogP contribution in [0.15, 0.2) is 48.5 Å². The molecule has 0 heterocycles. The summed E-state index contributed by atoms with van der Waals surface area (Å²) in [6.07, 6.45) is 6.71. The van der Waals surface area contributed by atoms with Gasteiger partial charge in [0.1, 0.15) is 0 Å². The Labute approximate surface area is 184 Å². The van der Waals surface area contributed by atoms with E-state index >= 15 is 0 Å². The van der Waals surface area contributed by atoms with Gasteiger partial charge in [0.2, 0.25) is 5.91 Å². The number of urea groups is 1. The van der Waals surface area contributed by atoms with E-state index in [1.165, 1.54) is 30.4 Å². The molecule has 2 aromatic rings. The van der Waals surface area contributed by atoms with Crippen molar-refractivity contribution in [2.75, 3.05) is 17.7 Å². The Bertz CT molecular complexity index is 982. The summed E-state index contributed by atoms with van der Waals surface area (Å²) in [5, 5.41) is 8.48. The van der Waals surface area contributed by atoms with Gasteiger partial charge in [0, 0.05) is 18.4 Å². The summed E-state index contributed by atoms with van der Waals surface area (Å²) in [6, 6.07) is 16.1. The minimum Gasteiger partial charge on any atom is -0.341 e. The summed E-state index contributed by atoms with van der Waals surface area (Å²) in [5.41, 5.74) is 4.08. The van der Waals surface area contributed by atoms with E-state index in [4.69, 9.17) is 0 Å². The molecule has 2 unspecified atom stereocenters. The normalized spacial score (nSPS) is 30.6. The fraction of sp³-hybridized carbons (Fsp3) is 0.462. The minimum absolute atomic E-state index is 0.149. The van der Waals surface area contributed by atoms with Crippen molar-refractivity contribution < 1.29 is 9.59 Å². The molecule has 3 amide bonds. The van der Waals surface area contributed by atoms with Crippen molar-refractivity contribution >= 4 is 23.3 Å². The molecule has 0 radical (unpaired) electrons. The molecule has 5 heteroatoms. The van der Waals surface area contributed by atoms with E-state index in [2.05, 4.69) is 47.1 Å². The van der Waals surface area contributed by atoms with Crippen LogP contribution in [0.5, 0.6) is 0 Å². The van der Waals surface area contributed by atoms with Crippen LogP contribution in [0.2, 0.25) is 0 Å². The number of anilines is 2. The number of hydrogen-bond acceptors (Lipinski definition) is 2. The third-order valence-corrected chi connectivity index (χ3v) is 7.83. The smallest absolute Gasteiger partial charge is 0.318 e. The van der Waals surface area contributed by atoms with Crippen LogP contribution in [0.1, 0.15) is 49.7 Å². The van der Waals surface area contributed by atoms with Crippen molar-refractivity contribution in [2.45, 2.75) is 50.9 Å². The fourth-order valence-electron chi connectivity index (χ4n) is 6.87. The zero-order valence-corrected chi connectivity index (χ0v) is 18.3. The molecule has 31 heavy (non-hydrogen) atoms. The second-order valence-electron chi connectivity index (χ2n) is 10.1. The van der Waals surface area contributed by atoms with Gasteiger partial charge in [-0.05, 0) is 92.5 Å². The van der Waals surface area contributed by atoms with E-state index in [9.17, 15) is 9.59 Å². The fourth-order valence-corrected chi connectivity index (χ4v) is 6.87. The highest BCUT2D eigenvalue weighted by atomic mass is 16.2. The zero-order valence-electron chi connectivity index (χ0n) is 18.3. The van der Waals surface area contributed by atoms with Gasteiger partial charge in [-0.15, -0.1) is 0 Å². The highest BCUT2D eigenvalue weighted by Gasteiger charge is 2.60. The monoisotopic (exact) mass is 417 g/mol. The molecular weight excluding hydrogens is 386 g/mol. The lowest BCUT2D eigenvalue weighted by atomic mass is 9.42. The quantitative estimate of drug-likeness (QED) is 0.638. The first-order chi connectivity index (χ1) is 14.9. The predicted molar refractivity (Wildman–Crippen MR) is 123 cm³/mol. The number of benzene rings is 2. The van der Waals surface area contributed by atoms with E-state index in [1.54, 1.807) is 7.05 Å². The standard InChI is InChI=1S/C26H31N3O2/c1-17-3-5-20(6-4-17)25-12-18-11-19(13-25)15-26(14-18,16-25)23(30)28-21-7-9-22(10-8-21)29-24(31)27-2/h3-10,18-19H,11-16H2,1-2H3,(H,28,30)(H2,27,29,31). The maximum atomic E-state index is 13.6. The predicted octanol–water partition coefficient (Wildman–Crippen LogP) is 5.22. The lowest BCUT2D eigenvalue weighted by Gasteiger charge is -2.61. The van der Waals surface area contributed by atoms with Gasteiger partial charge in [0.25, 0.3) is 0 Å². The van der Waals surface area contributed by atoms with Crippen LogP contribution < -0.4 is 16.0 Å². The van der Waals surface area contributed by atoms with E-state index in [1.807, 2.05) is 24.3 Å². The van der Waals surface area contributed by atoms with E-state index < -0.39 is 0 Å². The Morgan fingerprint density at radius 3 is 2.00 bits per heavy atom. The van der Waals surface area contributed by atoms with Crippen LogP contribution in [0.4, 0.5) is 16.2 Å². The highest BCUT2D eigenvalue weighted by Crippen LogP contribution is 2.66. The molecule has 162 valence electrons. The Morgan fingerprint density at radius 1 is 0.839 bits per heavy atom.